The van der Waals surface area contributed by atoms with Crippen molar-refractivity contribution < 1.29 is 15.0 Å². The lowest BCUT2D eigenvalue weighted by molar-refractivity contribution is -0.143. The average molecular weight is 317 g/mol. The number of aryl methyl sites for hydroxylation is 2. The van der Waals surface area contributed by atoms with Gasteiger partial charge >= 0.3 is 5.97 Å². The van der Waals surface area contributed by atoms with E-state index in [1.165, 1.54) is 24.0 Å². The highest BCUT2D eigenvalue weighted by molar-refractivity contribution is 5.70. The number of aliphatic carboxylic acids is 1. The minimum Gasteiger partial charge on any atom is -0.481 e. The minimum absolute atomic E-state index is 0.246. The maximum atomic E-state index is 11.1. The number of rotatable bonds is 5. The fraction of sp³-hybridized carbons (Fsp3) is 0.632. The quantitative estimate of drug-likeness (QED) is 0.876. The van der Waals surface area contributed by atoms with E-state index in [0.29, 0.717) is 13.0 Å². The maximum Gasteiger partial charge on any atom is 0.307 e. The number of aliphatic hydroxyl groups excluding tert-OH is 1. The number of carboxylic acids is 1. The van der Waals surface area contributed by atoms with Crippen molar-refractivity contribution in [3.8, 4) is 0 Å². The van der Waals surface area contributed by atoms with E-state index in [2.05, 4.69) is 23.1 Å². The molecule has 0 radical (unpaired) electrons. The van der Waals surface area contributed by atoms with Gasteiger partial charge in [0.05, 0.1) is 12.0 Å². The molecule has 1 heterocycles. The number of likely N-dealkylation sites (tertiary alicyclic amines) is 1. The molecule has 4 nitrogen and oxygen atoms in total. The van der Waals surface area contributed by atoms with Gasteiger partial charge in [0, 0.05) is 13.1 Å². The van der Waals surface area contributed by atoms with Gasteiger partial charge in [-0.05, 0) is 68.2 Å². The third-order valence-corrected chi connectivity index (χ3v) is 5.33. The van der Waals surface area contributed by atoms with Gasteiger partial charge in [0.2, 0.25) is 0 Å². The van der Waals surface area contributed by atoms with Gasteiger partial charge in [0.1, 0.15) is 0 Å². The summed E-state index contributed by atoms with van der Waals surface area (Å²) >= 11 is 0. The van der Waals surface area contributed by atoms with Gasteiger partial charge in [-0.15, -0.1) is 0 Å². The van der Waals surface area contributed by atoms with Gasteiger partial charge < -0.3 is 15.1 Å². The molecule has 1 aromatic carbocycles. The van der Waals surface area contributed by atoms with Gasteiger partial charge in [0.25, 0.3) is 0 Å². The van der Waals surface area contributed by atoms with Crippen molar-refractivity contribution in [2.24, 2.45) is 5.92 Å². The van der Waals surface area contributed by atoms with Crippen molar-refractivity contribution in [2.75, 3.05) is 19.6 Å². The van der Waals surface area contributed by atoms with Crippen LogP contribution in [-0.2, 0) is 17.6 Å². The fourth-order valence-corrected chi connectivity index (χ4v) is 3.89. The van der Waals surface area contributed by atoms with Crippen LogP contribution in [0, 0.1) is 5.92 Å². The number of piperidine rings is 1. The number of carboxylic acid groups (broad SMARTS) is 1. The Labute approximate surface area is 138 Å². The molecule has 2 unspecified atom stereocenters. The molecular weight excluding hydrogens is 290 g/mol. The molecule has 0 amide bonds. The number of hydrogen-bond donors (Lipinski definition) is 2. The summed E-state index contributed by atoms with van der Waals surface area (Å²) in [7, 11) is 0. The van der Waals surface area contributed by atoms with E-state index >= 15 is 0 Å². The summed E-state index contributed by atoms with van der Waals surface area (Å²) in [6, 6.07) is 6.41. The minimum atomic E-state index is -0.690. The first-order chi connectivity index (χ1) is 11.1. The van der Waals surface area contributed by atoms with Crippen LogP contribution in [0.4, 0.5) is 0 Å². The molecule has 1 fully saturated rings. The van der Waals surface area contributed by atoms with Crippen molar-refractivity contribution >= 4 is 5.97 Å². The summed E-state index contributed by atoms with van der Waals surface area (Å²) in [5.74, 6) is -0.936. The summed E-state index contributed by atoms with van der Waals surface area (Å²) in [4.78, 5) is 13.3. The summed E-state index contributed by atoms with van der Waals surface area (Å²) in [5.41, 5.74) is 3.85. The lowest BCUT2D eigenvalue weighted by Gasteiger charge is -2.31. The van der Waals surface area contributed by atoms with Gasteiger partial charge in [-0.3, -0.25) is 4.79 Å². The number of hydrogen-bond acceptors (Lipinski definition) is 3. The highest BCUT2D eigenvalue weighted by Crippen LogP contribution is 2.26. The normalized spacial score (nSPS) is 23.3. The van der Waals surface area contributed by atoms with Gasteiger partial charge in [0.15, 0.2) is 0 Å². The van der Waals surface area contributed by atoms with Crippen molar-refractivity contribution in [3.05, 3.63) is 34.9 Å². The SMILES string of the molecule is O=C(O)C1CCCN(CCC(O)c2ccc3c(c2)CCCC3)C1. The molecule has 1 aromatic rings. The van der Waals surface area contributed by atoms with E-state index < -0.39 is 12.1 Å². The number of carbonyl (C=O) groups is 1. The first-order valence-corrected chi connectivity index (χ1v) is 8.88. The molecule has 2 N–H and O–H groups in total. The Hall–Kier alpha value is -1.39. The molecule has 126 valence electrons. The van der Waals surface area contributed by atoms with Crippen molar-refractivity contribution in [2.45, 2.75) is 51.0 Å². The van der Waals surface area contributed by atoms with Crippen molar-refractivity contribution in [3.63, 3.8) is 0 Å². The van der Waals surface area contributed by atoms with Crippen LogP contribution in [-0.4, -0.2) is 40.7 Å². The van der Waals surface area contributed by atoms with E-state index in [4.69, 9.17) is 5.11 Å². The van der Waals surface area contributed by atoms with Crippen LogP contribution in [0.3, 0.4) is 0 Å². The fourth-order valence-electron chi connectivity index (χ4n) is 3.89. The first kappa shape index (κ1) is 16.5. The van der Waals surface area contributed by atoms with Crippen molar-refractivity contribution in [1.29, 1.82) is 0 Å². The van der Waals surface area contributed by atoms with Crippen LogP contribution in [0.15, 0.2) is 18.2 Å². The van der Waals surface area contributed by atoms with Crippen LogP contribution in [0.25, 0.3) is 0 Å². The summed E-state index contributed by atoms with van der Waals surface area (Å²) in [5, 5.41) is 19.6. The molecule has 0 spiro atoms. The third-order valence-electron chi connectivity index (χ3n) is 5.33. The zero-order valence-corrected chi connectivity index (χ0v) is 13.7. The van der Waals surface area contributed by atoms with E-state index in [9.17, 15) is 9.90 Å². The molecule has 4 heteroatoms. The Bertz CT molecular complexity index is 558. The second-order valence-electron chi connectivity index (χ2n) is 7.02. The largest absolute Gasteiger partial charge is 0.481 e. The molecule has 3 rings (SSSR count). The topological polar surface area (TPSA) is 60.8 Å². The smallest absolute Gasteiger partial charge is 0.307 e. The second-order valence-corrected chi connectivity index (χ2v) is 7.02. The first-order valence-electron chi connectivity index (χ1n) is 8.88. The molecule has 2 atom stereocenters. The van der Waals surface area contributed by atoms with Gasteiger partial charge in [-0.25, -0.2) is 0 Å². The molecule has 1 saturated heterocycles. The van der Waals surface area contributed by atoms with E-state index in [1.807, 2.05) is 0 Å². The molecule has 23 heavy (non-hydrogen) atoms. The Morgan fingerprint density at radius 2 is 2.00 bits per heavy atom. The van der Waals surface area contributed by atoms with Gasteiger partial charge in [-0.2, -0.15) is 0 Å². The third kappa shape index (κ3) is 4.12. The predicted molar refractivity (Wildman–Crippen MR) is 89.5 cm³/mol. The standard InChI is InChI=1S/C19H27NO3/c21-18(9-11-20-10-3-6-17(13-20)19(22)23)16-8-7-14-4-1-2-5-15(14)12-16/h7-8,12,17-18,21H,1-6,9-11,13H2,(H,22,23). The highest BCUT2D eigenvalue weighted by atomic mass is 16.4. The summed E-state index contributed by atoms with van der Waals surface area (Å²) in [6.45, 7) is 2.33. The lowest BCUT2D eigenvalue weighted by atomic mass is 9.89. The van der Waals surface area contributed by atoms with Crippen LogP contribution < -0.4 is 0 Å². The zero-order chi connectivity index (χ0) is 16.2. The van der Waals surface area contributed by atoms with Crippen molar-refractivity contribution in [1.82, 2.24) is 4.90 Å². The Morgan fingerprint density at radius 1 is 1.22 bits per heavy atom. The molecule has 0 bridgehead atoms. The van der Waals surface area contributed by atoms with E-state index in [1.54, 1.807) is 0 Å². The van der Waals surface area contributed by atoms with Gasteiger partial charge in [-0.1, -0.05) is 18.2 Å². The monoisotopic (exact) mass is 317 g/mol. The molecular formula is C19H27NO3. The molecule has 1 aliphatic carbocycles. The molecule has 1 aliphatic heterocycles. The number of nitrogens with zero attached hydrogens (tertiary/aromatic N) is 1. The maximum absolute atomic E-state index is 11.1. The number of benzene rings is 1. The lowest BCUT2D eigenvalue weighted by Crippen LogP contribution is -2.39. The number of aliphatic hydroxyl groups is 1. The average Bonchev–Trinajstić information content (AvgIpc) is 2.59. The van der Waals surface area contributed by atoms with Crippen LogP contribution in [0.2, 0.25) is 0 Å². The summed E-state index contributed by atoms with van der Waals surface area (Å²) in [6.07, 6.45) is 6.74. The Balaban J connectivity index is 1.55. The zero-order valence-electron chi connectivity index (χ0n) is 13.7. The molecule has 0 aromatic heterocycles. The summed E-state index contributed by atoms with van der Waals surface area (Å²) < 4.78 is 0. The van der Waals surface area contributed by atoms with E-state index in [0.717, 1.165) is 44.3 Å². The Morgan fingerprint density at radius 3 is 2.78 bits per heavy atom. The van der Waals surface area contributed by atoms with E-state index in [-0.39, 0.29) is 5.92 Å². The highest BCUT2D eigenvalue weighted by Gasteiger charge is 2.25. The Kier molecular flexibility index (Phi) is 5.34. The van der Waals surface area contributed by atoms with Crippen LogP contribution >= 0.6 is 0 Å². The molecule has 0 saturated carbocycles. The number of fused-ring (bicyclic) bond motifs is 1. The predicted octanol–water partition coefficient (Wildman–Crippen LogP) is 2.79. The second kappa shape index (κ2) is 7.45. The van der Waals surface area contributed by atoms with Crippen LogP contribution in [0.5, 0.6) is 0 Å². The van der Waals surface area contributed by atoms with Crippen LogP contribution in [0.1, 0.15) is 54.9 Å². The molecule has 2 aliphatic rings.